The normalized spacial score (nSPS) is 11.4. The van der Waals surface area contributed by atoms with Gasteiger partial charge in [0.2, 0.25) is 0 Å². The van der Waals surface area contributed by atoms with Gasteiger partial charge in [0.05, 0.1) is 35.7 Å². The number of fused-ring (bicyclic) bond motifs is 1. The van der Waals surface area contributed by atoms with Gasteiger partial charge in [0.1, 0.15) is 23.0 Å². The van der Waals surface area contributed by atoms with Crippen LogP contribution in [0.25, 0.3) is 10.8 Å². The molecule has 0 saturated carbocycles. The summed E-state index contributed by atoms with van der Waals surface area (Å²) in [6.07, 6.45) is 23.9. The first-order valence-corrected chi connectivity index (χ1v) is 24.2. The van der Waals surface area contributed by atoms with Crippen LogP contribution in [0.1, 0.15) is 148 Å². The number of rotatable bonds is 28. The van der Waals surface area contributed by atoms with E-state index in [4.69, 9.17) is 18.9 Å². The SMILES string of the molecule is CCCCCCCCCCOc1ccc(N=Cc2ccc(C(=O)Oc3ccc4ccc(OC(=O)c5ccc(C=Nc6ccc(OCCCCCCCCCC)cc6)cc5)cc4c3)cc2)cc1. The van der Waals surface area contributed by atoms with Crippen LogP contribution in [-0.4, -0.2) is 37.6 Å². The molecule has 6 aromatic carbocycles. The first-order chi connectivity index (χ1) is 32.4. The highest BCUT2D eigenvalue weighted by atomic mass is 16.5. The lowest BCUT2D eigenvalue weighted by Crippen LogP contribution is -2.09. The van der Waals surface area contributed by atoms with E-state index in [0.29, 0.717) is 22.6 Å². The number of esters is 2. The maximum atomic E-state index is 13.1. The fourth-order valence-electron chi connectivity index (χ4n) is 7.48. The third kappa shape index (κ3) is 17.1. The van der Waals surface area contributed by atoms with Crippen LogP contribution >= 0.6 is 0 Å². The number of carbonyl (C=O) groups is 2. The minimum Gasteiger partial charge on any atom is -0.494 e. The van der Waals surface area contributed by atoms with E-state index >= 15 is 0 Å². The molecule has 0 bridgehead atoms. The van der Waals surface area contributed by atoms with E-state index in [1.807, 2.05) is 84.9 Å². The molecule has 8 nitrogen and oxygen atoms in total. The highest BCUT2D eigenvalue weighted by Crippen LogP contribution is 2.27. The number of nitrogens with zero attached hydrogens (tertiary/aromatic N) is 2. The van der Waals surface area contributed by atoms with Crippen molar-refractivity contribution in [2.45, 2.75) is 117 Å². The first-order valence-electron chi connectivity index (χ1n) is 24.2. The van der Waals surface area contributed by atoms with Crippen molar-refractivity contribution < 1.29 is 28.5 Å². The zero-order chi connectivity index (χ0) is 46.0. The molecular formula is C58H66N2O6. The van der Waals surface area contributed by atoms with Crippen molar-refractivity contribution in [3.05, 3.63) is 156 Å². The van der Waals surface area contributed by atoms with Crippen LogP contribution < -0.4 is 18.9 Å². The number of hydrogen-bond donors (Lipinski definition) is 0. The predicted molar refractivity (Wildman–Crippen MR) is 270 cm³/mol. The monoisotopic (exact) mass is 886 g/mol. The summed E-state index contributed by atoms with van der Waals surface area (Å²) >= 11 is 0. The molecule has 0 N–H and O–H groups in total. The van der Waals surface area contributed by atoms with Crippen LogP contribution in [0.5, 0.6) is 23.0 Å². The molecule has 6 rings (SSSR count). The van der Waals surface area contributed by atoms with Crippen molar-refractivity contribution in [2.24, 2.45) is 9.98 Å². The molecular weight excluding hydrogens is 821 g/mol. The topological polar surface area (TPSA) is 95.8 Å². The van der Waals surface area contributed by atoms with Crippen LogP contribution in [0.3, 0.4) is 0 Å². The van der Waals surface area contributed by atoms with Gasteiger partial charge in [0.15, 0.2) is 0 Å². The number of carbonyl (C=O) groups excluding carboxylic acids is 2. The van der Waals surface area contributed by atoms with E-state index in [0.717, 1.165) is 70.8 Å². The largest absolute Gasteiger partial charge is 0.494 e. The Morgan fingerprint density at radius 3 is 1.12 bits per heavy atom. The van der Waals surface area contributed by atoms with Crippen molar-refractivity contribution in [3.63, 3.8) is 0 Å². The molecule has 0 atom stereocenters. The summed E-state index contributed by atoms with van der Waals surface area (Å²) in [6.45, 7) is 5.96. The summed E-state index contributed by atoms with van der Waals surface area (Å²) < 4.78 is 23.3. The molecule has 344 valence electrons. The summed E-state index contributed by atoms with van der Waals surface area (Å²) in [6, 6.07) is 40.5. The smallest absolute Gasteiger partial charge is 0.343 e. The molecule has 0 unspecified atom stereocenters. The molecule has 0 aliphatic heterocycles. The molecule has 66 heavy (non-hydrogen) atoms. The Morgan fingerprint density at radius 1 is 0.394 bits per heavy atom. The average molecular weight is 887 g/mol. The van der Waals surface area contributed by atoms with Crippen LogP contribution in [0.4, 0.5) is 11.4 Å². The van der Waals surface area contributed by atoms with Gasteiger partial charge >= 0.3 is 11.9 Å². The number of hydrogen-bond acceptors (Lipinski definition) is 8. The Kier molecular flexibility index (Phi) is 20.5. The Labute approximate surface area is 392 Å². The van der Waals surface area contributed by atoms with Gasteiger partial charge in [-0.2, -0.15) is 0 Å². The summed E-state index contributed by atoms with van der Waals surface area (Å²) in [5.74, 6) is 1.49. The zero-order valence-electron chi connectivity index (χ0n) is 38.9. The summed E-state index contributed by atoms with van der Waals surface area (Å²) in [7, 11) is 0. The summed E-state index contributed by atoms with van der Waals surface area (Å²) in [5, 5.41) is 1.67. The molecule has 0 aromatic heterocycles. The van der Waals surface area contributed by atoms with E-state index in [-0.39, 0.29) is 0 Å². The average Bonchev–Trinajstić information content (AvgIpc) is 3.35. The van der Waals surface area contributed by atoms with Gasteiger partial charge in [0.25, 0.3) is 0 Å². The van der Waals surface area contributed by atoms with Crippen LogP contribution in [0, 0.1) is 0 Å². The first kappa shape index (κ1) is 48.9. The second-order valence-corrected chi connectivity index (χ2v) is 16.8. The lowest BCUT2D eigenvalue weighted by Gasteiger charge is -2.08. The third-order valence-corrected chi connectivity index (χ3v) is 11.4. The molecule has 6 aromatic rings. The minimum atomic E-state index is -0.483. The molecule has 0 aliphatic rings. The number of benzene rings is 6. The number of aliphatic imine (C=N–C) groups is 2. The highest BCUT2D eigenvalue weighted by molar-refractivity contribution is 5.95. The molecule has 0 radical (unpaired) electrons. The van der Waals surface area contributed by atoms with Gasteiger partial charge < -0.3 is 18.9 Å². The summed E-state index contributed by atoms with van der Waals surface area (Å²) in [4.78, 5) is 35.4. The van der Waals surface area contributed by atoms with Gasteiger partial charge in [-0.15, -0.1) is 0 Å². The van der Waals surface area contributed by atoms with E-state index in [1.54, 1.807) is 61.0 Å². The minimum absolute atomic E-state index is 0.377. The molecule has 0 amide bonds. The van der Waals surface area contributed by atoms with Crippen LogP contribution in [-0.2, 0) is 0 Å². The Bertz CT molecular complexity index is 2260. The maximum absolute atomic E-state index is 13.1. The number of ether oxygens (including phenoxy) is 4. The zero-order valence-corrected chi connectivity index (χ0v) is 38.9. The van der Waals surface area contributed by atoms with E-state index < -0.39 is 11.9 Å². The lowest BCUT2D eigenvalue weighted by molar-refractivity contribution is 0.0726. The van der Waals surface area contributed by atoms with Gasteiger partial charge in [0, 0.05) is 12.4 Å². The fourth-order valence-corrected chi connectivity index (χ4v) is 7.48. The van der Waals surface area contributed by atoms with Crippen molar-refractivity contribution in [1.82, 2.24) is 0 Å². The Morgan fingerprint density at radius 2 is 0.742 bits per heavy atom. The third-order valence-electron chi connectivity index (χ3n) is 11.4. The van der Waals surface area contributed by atoms with Gasteiger partial charge in [-0.25, -0.2) is 9.59 Å². The Hall–Kier alpha value is -6.54. The molecule has 0 aliphatic carbocycles. The second kappa shape index (κ2) is 27.7. The van der Waals surface area contributed by atoms with Crippen molar-refractivity contribution in [3.8, 4) is 23.0 Å². The quantitative estimate of drug-likeness (QED) is 0.0211. The summed E-state index contributed by atoms with van der Waals surface area (Å²) in [5.41, 5.74) is 4.16. The molecule has 0 fully saturated rings. The number of unbranched alkanes of at least 4 members (excludes halogenated alkanes) is 14. The van der Waals surface area contributed by atoms with Gasteiger partial charge in [-0.3, -0.25) is 9.98 Å². The molecule has 0 spiro atoms. The molecule has 0 heterocycles. The Balaban J connectivity index is 0.917. The molecule has 8 heteroatoms. The van der Waals surface area contributed by atoms with Crippen molar-refractivity contribution in [2.75, 3.05) is 13.2 Å². The van der Waals surface area contributed by atoms with E-state index in [1.165, 1.54) is 89.9 Å². The molecule has 0 saturated heterocycles. The van der Waals surface area contributed by atoms with Crippen molar-refractivity contribution >= 4 is 46.5 Å². The van der Waals surface area contributed by atoms with Crippen molar-refractivity contribution in [1.29, 1.82) is 0 Å². The fraction of sp³-hybridized carbons (Fsp3) is 0.345. The second-order valence-electron chi connectivity index (χ2n) is 16.8. The highest BCUT2D eigenvalue weighted by Gasteiger charge is 2.12. The van der Waals surface area contributed by atoms with E-state index in [9.17, 15) is 9.59 Å². The maximum Gasteiger partial charge on any atom is 0.343 e. The lowest BCUT2D eigenvalue weighted by atomic mass is 10.1. The van der Waals surface area contributed by atoms with E-state index in [2.05, 4.69) is 23.8 Å². The van der Waals surface area contributed by atoms with Gasteiger partial charge in [-0.05, 0) is 132 Å². The predicted octanol–water partition coefficient (Wildman–Crippen LogP) is 15.8. The van der Waals surface area contributed by atoms with Crippen LogP contribution in [0.2, 0.25) is 0 Å². The standard InChI is InChI=1S/C58H66N2O6/c1-3-5-7-9-11-13-15-17-39-63-53-35-29-51(30-36-53)59-43-45-19-23-48(24-20-45)57(61)65-55-33-27-47-28-34-56(42-50(47)41-55)66-58(62)49-25-21-46(22-26-49)44-60-52-31-37-54(38-32-52)64-40-18-16-14-12-10-8-6-4-2/h19-38,41-44H,3-18,39-40H2,1-2H3. The van der Waals surface area contributed by atoms with Gasteiger partial charge in [-0.1, -0.05) is 140 Å². The van der Waals surface area contributed by atoms with Crippen LogP contribution in [0.15, 0.2) is 143 Å².